The molecule has 1 aromatic heterocycles. The Morgan fingerprint density at radius 3 is 2.28 bits per heavy atom. The highest BCUT2D eigenvalue weighted by Crippen LogP contribution is 2.10. The van der Waals surface area contributed by atoms with Gasteiger partial charge < -0.3 is 0 Å². The molecule has 3 nitrogen and oxygen atoms in total. The fourth-order valence-corrected chi connectivity index (χ4v) is 1.81. The van der Waals surface area contributed by atoms with Gasteiger partial charge in [0.05, 0.1) is 5.56 Å². The molecule has 2 aromatic rings. The van der Waals surface area contributed by atoms with E-state index in [0.29, 0.717) is 11.4 Å². The largest absolute Gasteiger partial charge is 0.294 e. The smallest absolute Gasteiger partial charge is 0.266 e. The first-order valence-electron chi connectivity index (χ1n) is 5.50. The summed E-state index contributed by atoms with van der Waals surface area (Å²) in [4.78, 5) is 23.5. The molecule has 1 aromatic carbocycles. The maximum atomic E-state index is 12.9. The second-order valence-electron chi connectivity index (χ2n) is 4.06. The molecule has 0 aliphatic heterocycles. The van der Waals surface area contributed by atoms with Gasteiger partial charge in [0.1, 0.15) is 5.82 Å². The zero-order valence-electron chi connectivity index (χ0n) is 10.1. The van der Waals surface area contributed by atoms with E-state index < -0.39 is 0 Å². The molecular formula is C14H12FNO2. The zero-order chi connectivity index (χ0) is 13.3. The molecule has 4 heteroatoms. The molecule has 0 N–H and O–H groups in total. The van der Waals surface area contributed by atoms with Crippen LogP contribution in [0.15, 0.2) is 41.2 Å². The Morgan fingerprint density at radius 1 is 1.11 bits per heavy atom. The molecule has 0 fully saturated rings. The first-order chi connectivity index (χ1) is 8.50. The van der Waals surface area contributed by atoms with E-state index >= 15 is 0 Å². The molecular weight excluding hydrogens is 233 g/mol. The van der Waals surface area contributed by atoms with Crippen molar-refractivity contribution >= 4 is 5.78 Å². The number of rotatable bonds is 2. The number of carbonyl (C=O) groups excluding carboxylic acids is 1. The lowest BCUT2D eigenvalue weighted by atomic mass is 10.1. The molecule has 18 heavy (non-hydrogen) atoms. The average Bonchev–Trinajstić information content (AvgIpc) is 2.31. The monoisotopic (exact) mass is 245 g/mol. The van der Waals surface area contributed by atoms with Crippen LogP contribution in [0.4, 0.5) is 4.39 Å². The number of carbonyl (C=O) groups is 1. The second-order valence-corrected chi connectivity index (χ2v) is 4.06. The number of hydrogen-bond acceptors (Lipinski definition) is 2. The average molecular weight is 245 g/mol. The van der Waals surface area contributed by atoms with Crippen molar-refractivity contribution in [3.05, 3.63) is 63.8 Å². The van der Waals surface area contributed by atoms with Crippen LogP contribution in [0.5, 0.6) is 0 Å². The van der Waals surface area contributed by atoms with Crippen LogP contribution in [-0.2, 0) is 0 Å². The summed E-state index contributed by atoms with van der Waals surface area (Å²) in [6.45, 7) is 3.11. The second kappa shape index (κ2) is 4.56. The molecule has 0 aliphatic carbocycles. The van der Waals surface area contributed by atoms with Crippen LogP contribution in [0, 0.1) is 12.7 Å². The van der Waals surface area contributed by atoms with Crippen molar-refractivity contribution in [1.82, 2.24) is 4.57 Å². The third-order valence-corrected chi connectivity index (χ3v) is 2.74. The Kier molecular flexibility index (Phi) is 3.10. The molecule has 0 atom stereocenters. The van der Waals surface area contributed by atoms with Gasteiger partial charge in [0.2, 0.25) is 0 Å². The predicted octanol–water partition coefficient (Wildman–Crippen LogP) is 2.49. The lowest BCUT2D eigenvalue weighted by Gasteiger charge is -2.10. The maximum Gasteiger partial charge on any atom is 0.266 e. The van der Waals surface area contributed by atoms with E-state index in [1.165, 1.54) is 41.8 Å². The Balaban J connectivity index is 2.71. The van der Waals surface area contributed by atoms with Crippen LogP contribution in [0.3, 0.4) is 0 Å². The highest BCUT2D eigenvalue weighted by molar-refractivity contribution is 5.93. The van der Waals surface area contributed by atoms with Crippen molar-refractivity contribution in [3.63, 3.8) is 0 Å². The Hall–Kier alpha value is -2.23. The van der Waals surface area contributed by atoms with Gasteiger partial charge in [0.15, 0.2) is 5.78 Å². The van der Waals surface area contributed by atoms with E-state index in [1.807, 2.05) is 0 Å². The quantitative estimate of drug-likeness (QED) is 0.762. The van der Waals surface area contributed by atoms with Crippen molar-refractivity contribution in [1.29, 1.82) is 0 Å². The number of ketones is 1. The van der Waals surface area contributed by atoms with Crippen LogP contribution < -0.4 is 5.56 Å². The minimum absolute atomic E-state index is 0.130. The molecule has 0 spiro atoms. The fraction of sp³-hybridized carbons (Fsp3) is 0.143. The lowest BCUT2D eigenvalue weighted by molar-refractivity contribution is 0.101. The van der Waals surface area contributed by atoms with Crippen molar-refractivity contribution in [2.45, 2.75) is 13.8 Å². The first-order valence-corrected chi connectivity index (χ1v) is 5.50. The van der Waals surface area contributed by atoms with Gasteiger partial charge in [-0.25, -0.2) is 4.39 Å². The highest BCUT2D eigenvalue weighted by atomic mass is 19.1. The fourth-order valence-electron chi connectivity index (χ4n) is 1.81. The van der Waals surface area contributed by atoms with Gasteiger partial charge in [-0.05, 0) is 50.2 Å². The number of Topliss-reactive ketones (excluding diaryl/α,β-unsaturated/α-hetero) is 1. The van der Waals surface area contributed by atoms with E-state index in [2.05, 4.69) is 0 Å². The predicted molar refractivity (Wildman–Crippen MR) is 66.7 cm³/mol. The van der Waals surface area contributed by atoms with E-state index in [0.717, 1.165) is 0 Å². The molecule has 0 bridgehead atoms. The summed E-state index contributed by atoms with van der Waals surface area (Å²) in [7, 11) is 0. The number of hydrogen-bond donors (Lipinski definition) is 0. The SMILES string of the molecule is CC(=O)c1ccc(C)n(-c2ccc(F)cc2)c1=O. The Morgan fingerprint density at radius 2 is 1.72 bits per heavy atom. The number of aromatic nitrogens is 1. The topological polar surface area (TPSA) is 39.1 Å². The van der Waals surface area contributed by atoms with Gasteiger partial charge in [-0.3, -0.25) is 14.2 Å². The molecule has 1 heterocycles. The van der Waals surface area contributed by atoms with Crippen LogP contribution in [0.2, 0.25) is 0 Å². The zero-order valence-corrected chi connectivity index (χ0v) is 10.1. The molecule has 92 valence electrons. The third kappa shape index (κ3) is 2.09. The number of nitrogens with zero attached hydrogens (tertiary/aromatic N) is 1. The van der Waals surface area contributed by atoms with Crippen LogP contribution in [0.25, 0.3) is 5.69 Å². The van der Waals surface area contributed by atoms with Crippen LogP contribution in [-0.4, -0.2) is 10.4 Å². The van der Waals surface area contributed by atoms with Gasteiger partial charge >= 0.3 is 0 Å². The third-order valence-electron chi connectivity index (χ3n) is 2.74. The van der Waals surface area contributed by atoms with E-state index in [4.69, 9.17) is 0 Å². The normalized spacial score (nSPS) is 10.4. The number of halogens is 1. The van der Waals surface area contributed by atoms with Gasteiger partial charge in [0, 0.05) is 11.4 Å². The molecule has 0 saturated carbocycles. The summed E-state index contributed by atoms with van der Waals surface area (Å²) in [6, 6.07) is 8.78. The summed E-state index contributed by atoms with van der Waals surface area (Å²) < 4.78 is 14.3. The Bertz CT molecular complexity index is 656. The number of aryl methyl sites for hydroxylation is 1. The summed E-state index contributed by atoms with van der Waals surface area (Å²) in [5, 5.41) is 0. The Labute approximate surface area is 104 Å². The molecule has 0 unspecified atom stereocenters. The van der Waals surface area contributed by atoms with Crippen LogP contribution in [0.1, 0.15) is 23.0 Å². The van der Waals surface area contributed by atoms with Gasteiger partial charge in [-0.1, -0.05) is 0 Å². The maximum absolute atomic E-state index is 12.9. The highest BCUT2D eigenvalue weighted by Gasteiger charge is 2.11. The summed E-state index contributed by atoms with van der Waals surface area (Å²) in [5.41, 5.74) is 0.984. The molecule has 2 rings (SSSR count). The minimum atomic E-state index is -0.380. The van der Waals surface area contributed by atoms with E-state index in [1.54, 1.807) is 13.0 Å². The van der Waals surface area contributed by atoms with E-state index in [-0.39, 0.29) is 22.7 Å². The van der Waals surface area contributed by atoms with Crippen LogP contribution >= 0.6 is 0 Å². The standard InChI is InChI=1S/C14H12FNO2/c1-9-3-8-13(10(2)17)14(18)16(9)12-6-4-11(15)5-7-12/h3-8H,1-2H3. The summed E-state index contributed by atoms with van der Waals surface area (Å²) in [6.07, 6.45) is 0. The van der Waals surface area contributed by atoms with Gasteiger partial charge in [-0.2, -0.15) is 0 Å². The van der Waals surface area contributed by atoms with Gasteiger partial charge in [0.25, 0.3) is 5.56 Å². The molecule has 0 aliphatic rings. The molecule has 0 saturated heterocycles. The summed E-state index contributed by atoms with van der Waals surface area (Å²) in [5.74, 6) is -0.650. The minimum Gasteiger partial charge on any atom is -0.294 e. The molecule has 0 amide bonds. The van der Waals surface area contributed by atoms with E-state index in [9.17, 15) is 14.0 Å². The van der Waals surface area contributed by atoms with Gasteiger partial charge in [-0.15, -0.1) is 0 Å². The van der Waals surface area contributed by atoms with Crippen molar-refractivity contribution in [2.75, 3.05) is 0 Å². The summed E-state index contributed by atoms with van der Waals surface area (Å²) >= 11 is 0. The number of pyridine rings is 1. The lowest BCUT2D eigenvalue weighted by Crippen LogP contribution is -2.25. The first kappa shape index (κ1) is 12.2. The van der Waals surface area contributed by atoms with Crippen molar-refractivity contribution in [3.8, 4) is 5.69 Å². The van der Waals surface area contributed by atoms with Crippen molar-refractivity contribution in [2.24, 2.45) is 0 Å². The number of benzene rings is 1. The van der Waals surface area contributed by atoms with Crippen molar-refractivity contribution < 1.29 is 9.18 Å². The molecule has 0 radical (unpaired) electrons.